The van der Waals surface area contributed by atoms with Crippen molar-refractivity contribution in [3.63, 3.8) is 0 Å². The van der Waals surface area contributed by atoms with Gasteiger partial charge < -0.3 is 4.74 Å². The third-order valence-electron chi connectivity index (χ3n) is 1.69. The van der Waals surface area contributed by atoms with E-state index in [1.165, 1.54) is 0 Å². The molecule has 3 nitrogen and oxygen atoms in total. The second-order valence-electron chi connectivity index (χ2n) is 4.20. The maximum atomic E-state index is 5.37. The molecule has 0 fully saturated rings. The van der Waals surface area contributed by atoms with Gasteiger partial charge in [-0.25, -0.2) is 4.98 Å². The molecule has 15 heavy (non-hydrogen) atoms. The van der Waals surface area contributed by atoms with E-state index < -0.39 is 0 Å². The molecule has 0 bridgehead atoms. The largest absolute Gasteiger partial charge is 0.473 e. The zero-order valence-corrected chi connectivity index (χ0v) is 10.8. The minimum Gasteiger partial charge on any atom is -0.473 e. The van der Waals surface area contributed by atoms with Gasteiger partial charge in [0, 0.05) is 11.5 Å². The molecule has 1 rings (SSSR count). The zero-order valence-electron chi connectivity index (χ0n) is 9.25. The Morgan fingerprint density at radius 2 is 2.13 bits per heavy atom. The summed E-state index contributed by atoms with van der Waals surface area (Å²) in [5, 5.41) is 0. The molecule has 0 N–H and O–H groups in total. The molecule has 0 atom stereocenters. The van der Waals surface area contributed by atoms with Gasteiger partial charge in [-0.3, -0.25) is 0 Å². The Morgan fingerprint density at radius 1 is 1.47 bits per heavy atom. The number of hydrogen-bond donors (Lipinski definition) is 0. The van der Waals surface area contributed by atoms with Gasteiger partial charge in [0.2, 0.25) is 5.88 Å². The summed E-state index contributed by atoms with van der Waals surface area (Å²) >= 11 is 3.34. The van der Waals surface area contributed by atoms with Crippen molar-refractivity contribution in [2.45, 2.75) is 26.2 Å². The van der Waals surface area contributed by atoms with Gasteiger partial charge in [0.25, 0.3) is 0 Å². The molecular formula is C11H15BrN2O. The summed E-state index contributed by atoms with van der Waals surface area (Å²) in [5.74, 6) is 1.33. The van der Waals surface area contributed by atoms with E-state index in [4.69, 9.17) is 4.74 Å². The highest BCUT2D eigenvalue weighted by atomic mass is 79.9. The first kappa shape index (κ1) is 12.2. The van der Waals surface area contributed by atoms with Crippen LogP contribution in [0.3, 0.4) is 0 Å². The van der Waals surface area contributed by atoms with E-state index >= 15 is 0 Å². The monoisotopic (exact) mass is 270 g/mol. The van der Waals surface area contributed by atoms with Crippen molar-refractivity contribution in [1.29, 1.82) is 0 Å². The Labute approximate surface area is 98.7 Å². The molecule has 4 heteroatoms. The Balaban J connectivity index is 3.00. The fraction of sp³-hybridized carbons (Fsp3) is 0.455. The van der Waals surface area contributed by atoms with E-state index in [1.807, 2.05) is 0 Å². The summed E-state index contributed by atoms with van der Waals surface area (Å²) in [6, 6.07) is 1.75. The average molecular weight is 271 g/mol. The zero-order chi connectivity index (χ0) is 11.5. The first-order valence-corrected chi connectivity index (χ1v) is 5.51. The first-order chi connectivity index (χ1) is 6.93. The van der Waals surface area contributed by atoms with Crippen LogP contribution in [-0.4, -0.2) is 16.6 Å². The third kappa shape index (κ3) is 3.63. The normalized spacial score (nSPS) is 11.2. The number of ether oxygens (including phenoxy) is 1. The van der Waals surface area contributed by atoms with E-state index in [2.05, 4.69) is 53.2 Å². The molecule has 0 aliphatic rings. The quantitative estimate of drug-likeness (QED) is 0.626. The van der Waals surface area contributed by atoms with E-state index in [0.29, 0.717) is 12.5 Å². The molecule has 1 heterocycles. The lowest BCUT2D eigenvalue weighted by Crippen LogP contribution is -2.16. The lowest BCUT2D eigenvalue weighted by atomic mass is 9.96. The Hall–Kier alpha value is -0.900. The predicted molar refractivity (Wildman–Crippen MR) is 64.1 cm³/mol. The van der Waals surface area contributed by atoms with Crippen LogP contribution in [0.25, 0.3) is 0 Å². The van der Waals surface area contributed by atoms with Crippen LogP contribution in [-0.2, 0) is 5.41 Å². The second-order valence-corrected chi connectivity index (χ2v) is 5.01. The molecule has 1 aromatic heterocycles. The highest BCUT2D eigenvalue weighted by Gasteiger charge is 2.18. The lowest BCUT2D eigenvalue weighted by Gasteiger charge is -2.17. The Kier molecular flexibility index (Phi) is 3.85. The molecule has 1 aromatic rings. The summed E-state index contributed by atoms with van der Waals surface area (Å²) in [6.45, 7) is 10.2. The maximum Gasteiger partial charge on any atom is 0.218 e. The molecule has 0 aliphatic carbocycles. The van der Waals surface area contributed by atoms with Gasteiger partial charge in [0.05, 0.1) is 0 Å². The molecule has 82 valence electrons. The van der Waals surface area contributed by atoms with Gasteiger partial charge in [-0.05, 0) is 15.9 Å². The van der Waals surface area contributed by atoms with Crippen LogP contribution in [0.1, 0.15) is 26.6 Å². The lowest BCUT2D eigenvalue weighted by molar-refractivity contribution is 0.342. The van der Waals surface area contributed by atoms with Gasteiger partial charge in [0.1, 0.15) is 17.0 Å². The van der Waals surface area contributed by atoms with Crippen LogP contribution in [0.4, 0.5) is 0 Å². The summed E-state index contributed by atoms with van der Waals surface area (Å²) in [6.07, 6.45) is 1.69. The van der Waals surface area contributed by atoms with Crippen LogP contribution in [0, 0.1) is 0 Å². The van der Waals surface area contributed by atoms with Gasteiger partial charge in [-0.15, -0.1) is 0 Å². The Morgan fingerprint density at radius 3 is 2.67 bits per heavy atom. The molecule has 0 saturated heterocycles. The third-order valence-corrected chi connectivity index (χ3v) is 2.10. The van der Waals surface area contributed by atoms with Crippen LogP contribution in [0.2, 0.25) is 0 Å². The minimum absolute atomic E-state index is 0.0872. The number of halogens is 1. The highest BCUT2D eigenvalue weighted by molar-refractivity contribution is 9.10. The highest BCUT2D eigenvalue weighted by Crippen LogP contribution is 2.23. The summed E-state index contributed by atoms with van der Waals surface area (Å²) in [4.78, 5) is 8.64. The standard InChI is InChI=1S/C11H15BrN2O/c1-5-6-15-9-7-8(12)13-10(14-9)11(2,3)4/h5,7H,1,6H2,2-4H3. The van der Waals surface area contributed by atoms with Crippen LogP contribution >= 0.6 is 15.9 Å². The Bertz CT molecular complexity index is 358. The number of rotatable bonds is 3. The van der Waals surface area contributed by atoms with E-state index in [-0.39, 0.29) is 5.41 Å². The van der Waals surface area contributed by atoms with Crippen molar-refractivity contribution >= 4 is 15.9 Å². The summed E-state index contributed by atoms with van der Waals surface area (Å²) in [5.41, 5.74) is -0.0872. The number of nitrogens with zero attached hydrogens (tertiary/aromatic N) is 2. The average Bonchev–Trinajstić information content (AvgIpc) is 2.12. The fourth-order valence-corrected chi connectivity index (χ4v) is 1.31. The molecule has 0 saturated carbocycles. The predicted octanol–water partition coefficient (Wildman–Crippen LogP) is 3.10. The van der Waals surface area contributed by atoms with Crippen LogP contribution in [0.15, 0.2) is 23.3 Å². The topological polar surface area (TPSA) is 35.0 Å². The fourth-order valence-electron chi connectivity index (χ4n) is 0.951. The van der Waals surface area contributed by atoms with Crippen molar-refractivity contribution in [2.24, 2.45) is 0 Å². The van der Waals surface area contributed by atoms with E-state index in [9.17, 15) is 0 Å². The first-order valence-electron chi connectivity index (χ1n) is 4.72. The summed E-state index contributed by atoms with van der Waals surface area (Å²) in [7, 11) is 0. The molecule has 0 amide bonds. The van der Waals surface area contributed by atoms with Crippen molar-refractivity contribution < 1.29 is 4.74 Å². The van der Waals surface area contributed by atoms with Crippen molar-refractivity contribution in [2.75, 3.05) is 6.61 Å². The smallest absolute Gasteiger partial charge is 0.218 e. The molecule has 0 aromatic carbocycles. The van der Waals surface area contributed by atoms with E-state index in [0.717, 1.165) is 10.4 Å². The maximum absolute atomic E-state index is 5.37. The minimum atomic E-state index is -0.0872. The SMILES string of the molecule is C=CCOc1cc(Br)nc(C(C)(C)C)n1. The molecule has 0 unspecified atom stereocenters. The number of hydrogen-bond acceptors (Lipinski definition) is 3. The van der Waals surface area contributed by atoms with Crippen molar-refractivity contribution in [1.82, 2.24) is 9.97 Å². The van der Waals surface area contributed by atoms with Gasteiger partial charge in [-0.2, -0.15) is 4.98 Å². The van der Waals surface area contributed by atoms with Gasteiger partial charge >= 0.3 is 0 Å². The molecular weight excluding hydrogens is 256 g/mol. The van der Waals surface area contributed by atoms with Crippen molar-refractivity contribution in [3.8, 4) is 5.88 Å². The van der Waals surface area contributed by atoms with Gasteiger partial charge in [0.15, 0.2) is 0 Å². The van der Waals surface area contributed by atoms with Crippen LogP contribution < -0.4 is 4.74 Å². The molecule has 0 radical (unpaired) electrons. The molecule has 0 aliphatic heterocycles. The van der Waals surface area contributed by atoms with E-state index in [1.54, 1.807) is 12.1 Å². The van der Waals surface area contributed by atoms with Gasteiger partial charge in [-0.1, -0.05) is 33.4 Å². The second kappa shape index (κ2) is 4.75. The summed E-state index contributed by atoms with van der Waals surface area (Å²) < 4.78 is 6.11. The van der Waals surface area contributed by atoms with Crippen molar-refractivity contribution in [3.05, 3.63) is 29.1 Å². The molecule has 0 spiro atoms. The number of aromatic nitrogens is 2. The van der Waals surface area contributed by atoms with Crippen LogP contribution in [0.5, 0.6) is 5.88 Å².